The summed E-state index contributed by atoms with van der Waals surface area (Å²) in [5, 5.41) is 11.7. The van der Waals surface area contributed by atoms with Gasteiger partial charge in [0.05, 0.1) is 0 Å². The lowest BCUT2D eigenvalue weighted by Gasteiger charge is -2.34. The number of hydrogen-bond donors (Lipinski definition) is 2. The number of hydrogen-bond acceptors (Lipinski definition) is 2. The standard InChI is InChI=1S/C15H28N2O3/c1-3-5-12(8-9-14(18)19)10-11-16-15(20)17(2)13-6-4-7-13/h12-13H,3-11H2,1-2H3,(H,16,20)(H,18,19). The van der Waals surface area contributed by atoms with Gasteiger partial charge in [-0.1, -0.05) is 19.8 Å². The molecule has 0 heterocycles. The van der Waals surface area contributed by atoms with E-state index >= 15 is 0 Å². The van der Waals surface area contributed by atoms with Crippen LogP contribution in [0.5, 0.6) is 0 Å². The summed E-state index contributed by atoms with van der Waals surface area (Å²) < 4.78 is 0. The van der Waals surface area contributed by atoms with Crippen molar-refractivity contribution >= 4 is 12.0 Å². The number of aliphatic carboxylic acids is 1. The summed E-state index contributed by atoms with van der Waals surface area (Å²) in [6, 6.07) is 0.414. The van der Waals surface area contributed by atoms with Crippen LogP contribution in [-0.4, -0.2) is 41.6 Å². The molecule has 0 saturated heterocycles. The minimum absolute atomic E-state index is 0.00295. The van der Waals surface area contributed by atoms with Gasteiger partial charge in [0, 0.05) is 26.1 Å². The van der Waals surface area contributed by atoms with Crippen LogP contribution in [0, 0.1) is 5.92 Å². The number of rotatable bonds is 9. The zero-order valence-corrected chi connectivity index (χ0v) is 12.7. The van der Waals surface area contributed by atoms with Gasteiger partial charge in [0.15, 0.2) is 0 Å². The summed E-state index contributed by atoms with van der Waals surface area (Å²) in [6.07, 6.45) is 7.32. The maximum absolute atomic E-state index is 11.9. The second-order valence-corrected chi connectivity index (χ2v) is 5.80. The number of carboxylic acid groups (broad SMARTS) is 1. The van der Waals surface area contributed by atoms with Crippen molar-refractivity contribution in [2.45, 2.75) is 64.3 Å². The minimum Gasteiger partial charge on any atom is -0.481 e. The average Bonchev–Trinajstić information content (AvgIpc) is 2.33. The highest BCUT2D eigenvalue weighted by molar-refractivity contribution is 5.74. The molecule has 116 valence electrons. The Bertz CT molecular complexity index is 316. The van der Waals surface area contributed by atoms with E-state index in [2.05, 4.69) is 12.2 Å². The molecule has 1 rings (SSSR count). The molecule has 1 saturated carbocycles. The lowest BCUT2D eigenvalue weighted by atomic mass is 9.92. The summed E-state index contributed by atoms with van der Waals surface area (Å²) >= 11 is 0. The predicted octanol–water partition coefficient (Wildman–Crippen LogP) is 2.85. The van der Waals surface area contributed by atoms with Crippen LogP contribution in [0.1, 0.15) is 58.3 Å². The van der Waals surface area contributed by atoms with Crippen LogP contribution in [0.4, 0.5) is 4.79 Å². The van der Waals surface area contributed by atoms with E-state index in [4.69, 9.17) is 5.11 Å². The number of urea groups is 1. The number of amides is 2. The zero-order chi connectivity index (χ0) is 15.0. The molecular weight excluding hydrogens is 256 g/mol. The van der Waals surface area contributed by atoms with Gasteiger partial charge in [-0.25, -0.2) is 4.79 Å². The fourth-order valence-corrected chi connectivity index (χ4v) is 2.62. The van der Waals surface area contributed by atoms with E-state index < -0.39 is 5.97 Å². The van der Waals surface area contributed by atoms with Crippen molar-refractivity contribution < 1.29 is 14.7 Å². The van der Waals surface area contributed by atoms with Crippen molar-refractivity contribution in [1.82, 2.24) is 10.2 Å². The fourth-order valence-electron chi connectivity index (χ4n) is 2.62. The molecule has 0 spiro atoms. The molecule has 20 heavy (non-hydrogen) atoms. The van der Waals surface area contributed by atoms with Crippen molar-refractivity contribution in [3.05, 3.63) is 0 Å². The summed E-state index contributed by atoms with van der Waals surface area (Å²) in [5.74, 6) is -0.342. The first-order valence-corrected chi connectivity index (χ1v) is 7.77. The third-order valence-corrected chi connectivity index (χ3v) is 4.23. The molecular formula is C15H28N2O3. The van der Waals surface area contributed by atoms with E-state index in [1.807, 2.05) is 7.05 Å². The Morgan fingerprint density at radius 1 is 1.30 bits per heavy atom. The molecule has 0 bridgehead atoms. The van der Waals surface area contributed by atoms with Crippen molar-refractivity contribution in [3.8, 4) is 0 Å². The second kappa shape index (κ2) is 8.82. The number of nitrogens with zero attached hydrogens (tertiary/aromatic N) is 1. The maximum Gasteiger partial charge on any atom is 0.317 e. The quantitative estimate of drug-likeness (QED) is 0.684. The van der Waals surface area contributed by atoms with E-state index in [-0.39, 0.29) is 12.5 Å². The first kappa shape index (κ1) is 16.8. The average molecular weight is 284 g/mol. The van der Waals surface area contributed by atoms with Crippen LogP contribution in [0.15, 0.2) is 0 Å². The van der Waals surface area contributed by atoms with Crippen LogP contribution < -0.4 is 5.32 Å². The topological polar surface area (TPSA) is 69.6 Å². The van der Waals surface area contributed by atoms with Gasteiger partial charge in [0.1, 0.15) is 0 Å². The molecule has 0 aromatic heterocycles. The van der Waals surface area contributed by atoms with E-state index in [9.17, 15) is 9.59 Å². The van der Waals surface area contributed by atoms with Gasteiger partial charge >= 0.3 is 12.0 Å². The third-order valence-electron chi connectivity index (χ3n) is 4.23. The van der Waals surface area contributed by atoms with Crippen LogP contribution in [-0.2, 0) is 4.79 Å². The summed E-state index contributed by atoms with van der Waals surface area (Å²) in [5.41, 5.74) is 0. The number of carbonyl (C=O) groups excluding carboxylic acids is 1. The highest BCUT2D eigenvalue weighted by atomic mass is 16.4. The fraction of sp³-hybridized carbons (Fsp3) is 0.867. The lowest BCUT2D eigenvalue weighted by molar-refractivity contribution is -0.137. The van der Waals surface area contributed by atoms with E-state index in [0.717, 1.165) is 32.1 Å². The Balaban J connectivity index is 2.21. The molecule has 5 nitrogen and oxygen atoms in total. The van der Waals surface area contributed by atoms with Crippen molar-refractivity contribution in [2.24, 2.45) is 5.92 Å². The maximum atomic E-state index is 11.9. The molecule has 0 aliphatic heterocycles. The molecule has 1 atom stereocenters. The Morgan fingerprint density at radius 3 is 2.50 bits per heavy atom. The summed E-state index contributed by atoms with van der Waals surface area (Å²) in [7, 11) is 1.85. The van der Waals surface area contributed by atoms with Crippen molar-refractivity contribution in [2.75, 3.05) is 13.6 Å². The molecule has 1 fully saturated rings. The highest BCUT2D eigenvalue weighted by Gasteiger charge is 2.25. The molecule has 1 unspecified atom stereocenters. The Morgan fingerprint density at radius 2 is 2.00 bits per heavy atom. The normalized spacial score (nSPS) is 16.3. The van der Waals surface area contributed by atoms with Gasteiger partial charge in [-0.3, -0.25) is 4.79 Å². The third kappa shape index (κ3) is 5.80. The Labute approximate surface area is 121 Å². The molecule has 2 amide bonds. The molecule has 1 aliphatic carbocycles. The van der Waals surface area contributed by atoms with E-state index in [0.29, 0.717) is 24.9 Å². The Kier molecular flexibility index (Phi) is 7.41. The van der Waals surface area contributed by atoms with E-state index in [1.54, 1.807) is 4.90 Å². The number of nitrogens with one attached hydrogen (secondary N) is 1. The Hall–Kier alpha value is -1.26. The SMILES string of the molecule is CCCC(CCNC(=O)N(C)C1CCC1)CCC(=O)O. The molecule has 0 aromatic carbocycles. The van der Waals surface area contributed by atoms with Gasteiger partial charge in [-0.15, -0.1) is 0 Å². The van der Waals surface area contributed by atoms with Gasteiger partial charge < -0.3 is 15.3 Å². The zero-order valence-electron chi connectivity index (χ0n) is 12.7. The molecule has 2 N–H and O–H groups in total. The minimum atomic E-state index is -0.736. The van der Waals surface area contributed by atoms with E-state index in [1.165, 1.54) is 6.42 Å². The largest absolute Gasteiger partial charge is 0.481 e. The van der Waals surface area contributed by atoms with Crippen LogP contribution in [0.2, 0.25) is 0 Å². The van der Waals surface area contributed by atoms with Gasteiger partial charge in [-0.2, -0.15) is 0 Å². The lowest BCUT2D eigenvalue weighted by Crippen LogP contribution is -2.46. The molecule has 1 aliphatic rings. The van der Waals surface area contributed by atoms with Crippen LogP contribution >= 0.6 is 0 Å². The van der Waals surface area contributed by atoms with Gasteiger partial charge in [-0.05, 0) is 38.0 Å². The van der Waals surface area contributed by atoms with Crippen LogP contribution in [0.3, 0.4) is 0 Å². The van der Waals surface area contributed by atoms with Gasteiger partial charge in [0.25, 0.3) is 0 Å². The summed E-state index contributed by atoms with van der Waals surface area (Å²) in [6.45, 7) is 2.75. The second-order valence-electron chi connectivity index (χ2n) is 5.80. The number of carbonyl (C=O) groups is 2. The molecule has 0 radical (unpaired) electrons. The summed E-state index contributed by atoms with van der Waals surface area (Å²) in [4.78, 5) is 24.3. The monoisotopic (exact) mass is 284 g/mol. The predicted molar refractivity (Wildman–Crippen MR) is 78.7 cm³/mol. The molecule has 0 aromatic rings. The first-order chi connectivity index (χ1) is 9.54. The highest BCUT2D eigenvalue weighted by Crippen LogP contribution is 2.23. The molecule has 5 heteroatoms. The first-order valence-electron chi connectivity index (χ1n) is 7.77. The van der Waals surface area contributed by atoms with Gasteiger partial charge in [0.2, 0.25) is 0 Å². The van der Waals surface area contributed by atoms with Crippen LogP contribution in [0.25, 0.3) is 0 Å². The number of carboxylic acids is 1. The van der Waals surface area contributed by atoms with Crippen molar-refractivity contribution in [1.29, 1.82) is 0 Å². The smallest absolute Gasteiger partial charge is 0.317 e. The van der Waals surface area contributed by atoms with Crippen molar-refractivity contribution in [3.63, 3.8) is 0 Å².